The summed E-state index contributed by atoms with van der Waals surface area (Å²) in [6.07, 6.45) is 1.31. The molecule has 2 amide bonds. The van der Waals surface area contributed by atoms with Crippen LogP contribution in [0.4, 0.5) is 0 Å². The molecule has 0 saturated carbocycles. The van der Waals surface area contributed by atoms with Gasteiger partial charge in [-0.3, -0.25) is 19.3 Å². The van der Waals surface area contributed by atoms with Gasteiger partial charge in [0.05, 0.1) is 11.8 Å². The van der Waals surface area contributed by atoms with Gasteiger partial charge in [0.15, 0.2) is 0 Å². The minimum atomic E-state index is -0.606. The van der Waals surface area contributed by atoms with Crippen molar-refractivity contribution in [3.8, 4) is 0 Å². The highest BCUT2D eigenvalue weighted by Crippen LogP contribution is 2.41. The third-order valence-electron chi connectivity index (χ3n) is 3.78. The van der Waals surface area contributed by atoms with E-state index in [0.29, 0.717) is 0 Å². The van der Waals surface area contributed by atoms with Crippen LogP contribution in [0.2, 0.25) is 0 Å². The van der Waals surface area contributed by atoms with Crippen molar-refractivity contribution in [2.24, 2.45) is 17.8 Å². The topological polar surface area (TPSA) is 63.7 Å². The van der Waals surface area contributed by atoms with E-state index in [4.69, 9.17) is 4.74 Å². The van der Waals surface area contributed by atoms with Gasteiger partial charge in [-0.1, -0.05) is 13.0 Å². The number of ether oxygens (including phenoxy) is 1. The number of allylic oxidation sites excluding steroid dienone is 1. The molecule has 0 bridgehead atoms. The molecule has 0 aromatic heterocycles. The maximum Gasteiger partial charge on any atom is 0.303 e. The number of carbonyl (C=O) groups excluding carboxylic acids is 3. The quantitative estimate of drug-likeness (QED) is 0.392. The van der Waals surface area contributed by atoms with E-state index >= 15 is 0 Å². The lowest BCUT2D eigenvalue weighted by molar-refractivity contribution is -0.151. The van der Waals surface area contributed by atoms with E-state index in [1.165, 1.54) is 14.0 Å². The van der Waals surface area contributed by atoms with Crippen LogP contribution in [0.25, 0.3) is 0 Å². The Kier molecular flexibility index (Phi) is 3.00. The third-order valence-corrected chi connectivity index (χ3v) is 3.78. The smallest absolute Gasteiger partial charge is 0.303 e. The van der Waals surface area contributed by atoms with Gasteiger partial charge in [0, 0.05) is 14.0 Å². The predicted molar refractivity (Wildman–Crippen MR) is 63.2 cm³/mol. The highest BCUT2D eigenvalue weighted by atomic mass is 16.5. The van der Waals surface area contributed by atoms with Crippen LogP contribution in [0.3, 0.4) is 0 Å². The first-order chi connectivity index (χ1) is 8.34. The highest BCUT2D eigenvalue weighted by Gasteiger charge is 2.54. The SMILES string of the molecule is CC(=O)O[C@@H]1C(C)=C[C@H](C)[C@@H]2C(=O)N(C)C(=O)[C@@H]21. The fourth-order valence-electron chi connectivity index (χ4n) is 2.97. The van der Waals surface area contributed by atoms with Crippen LogP contribution in [-0.2, 0) is 19.1 Å². The molecule has 0 spiro atoms. The van der Waals surface area contributed by atoms with Gasteiger partial charge in [-0.2, -0.15) is 0 Å². The van der Waals surface area contributed by atoms with Crippen LogP contribution in [-0.4, -0.2) is 35.8 Å². The minimum absolute atomic E-state index is 0.0109. The summed E-state index contributed by atoms with van der Waals surface area (Å²) in [6, 6.07) is 0. The van der Waals surface area contributed by atoms with Crippen molar-refractivity contribution >= 4 is 17.8 Å². The fraction of sp³-hybridized carbons (Fsp3) is 0.615. The van der Waals surface area contributed by atoms with Crippen molar-refractivity contribution < 1.29 is 19.1 Å². The Bertz CT molecular complexity index is 454. The molecule has 0 N–H and O–H groups in total. The zero-order valence-electron chi connectivity index (χ0n) is 11.0. The summed E-state index contributed by atoms with van der Waals surface area (Å²) >= 11 is 0. The summed E-state index contributed by atoms with van der Waals surface area (Å²) in [5.74, 6) is -1.85. The van der Waals surface area contributed by atoms with Crippen LogP contribution in [0, 0.1) is 17.8 Å². The lowest BCUT2D eigenvalue weighted by Crippen LogP contribution is -2.40. The predicted octanol–water partition coefficient (Wildman–Crippen LogP) is 0.745. The number of hydrogen-bond donors (Lipinski definition) is 0. The Morgan fingerprint density at radius 3 is 2.39 bits per heavy atom. The molecule has 5 nitrogen and oxygen atoms in total. The molecule has 98 valence electrons. The van der Waals surface area contributed by atoms with Crippen molar-refractivity contribution in [2.45, 2.75) is 26.9 Å². The van der Waals surface area contributed by atoms with Crippen molar-refractivity contribution in [1.29, 1.82) is 0 Å². The van der Waals surface area contributed by atoms with E-state index < -0.39 is 23.9 Å². The Morgan fingerprint density at radius 2 is 1.83 bits per heavy atom. The molecule has 0 aromatic carbocycles. The van der Waals surface area contributed by atoms with Crippen LogP contribution >= 0.6 is 0 Å². The summed E-state index contributed by atoms with van der Waals surface area (Å²) in [4.78, 5) is 36.4. The number of likely N-dealkylation sites (tertiary alicyclic amines) is 1. The van der Waals surface area contributed by atoms with Crippen molar-refractivity contribution in [3.63, 3.8) is 0 Å². The van der Waals surface area contributed by atoms with Gasteiger partial charge < -0.3 is 4.74 Å². The molecular formula is C13H17NO4. The number of amides is 2. The molecular weight excluding hydrogens is 234 g/mol. The molecule has 0 unspecified atom stereocenters. The van der Waals surface area contributed by atoms with Gasteiger partial charge in [0.25, 0.3) is 0 Å². The minimum Gasteiger partial charge on any atom is -0.457 e. The molecule has 0 aromatic rings. The molecule has 1 aliphatic heterocycles. The van der Waals surface area contributed by atoms with Gasteiger partial charge in [-0.05, 0) is 18.4 Å². The number of rotatable bonds is 1. The first-order valence-corrected chi connectivity index (χ1v) is 6.01. The second kappa shape index (κ2) is 4.23. The maximum absolute atomic E-state index is 12.1. The monoisotopic (exact) mass is 251 g/mol. The first-order valence-electron chi connectivity index (χ1n) is 6.01. The molecule has 18 heavy (non-hydrogen) atoms. The highest BCUT2D eigenvalue weighted by molar-refractivity contribution is 6.05. The third kappa shape index (κ3) is 1.74. The maximum atomic E-state index is 12.1. The molecule has 2 aliphatic rings. The zero-order valence-corrected chi connectivity index (χ0v) is 11.0. The van der Waals surface area contributed by atoms with E-state index in [0.717, 1.165) is 10.5 Å². The van der Waals surface area contributed by atoms with E-state index in [1.807, 2.05) is 19.9 Å². The van der Waals surface area contributed by atoms with Gasteiger partial charge in [-0.15, -0.1) is 0 Å². The number of imide groups is 1. The summed E-state index contributed by atoms with van der Waals surface area (Å²) in [5.41, 5.74) is 0.843. The number of fused-ring (bicyclic) bond motifs is 1. The van der Waals surface area contributed by atoms with Crippen LogP contribution in [0.5, 0.6) is 0 Å². The Hall–Kier alpha value is -1.65. The molecule has 1 saturated heterocycles. The van der Waals surface area contributed by atoms with Gasteiger partial charge >= 0.3 is 5.97 Å². The Balaban J connectivity index is 2.42. The largest absolute Gasteiger partial charge is 0.457 e. The number of carbonyl (C=O) groups is 3. The molecule has 2 rings (SSSR count). The van der Waals surface area contributed by atoms with Gasteiger partial charge in [0.1, 0.15) is 6.10 Å². The summed E-state index contributed by atoms with van der Waals surface area (Å²) in [7, 11) is 1.48. The number of nitrogens with zero attached hydrogens (tertiary/aromatic N) is 1. The molecule has 4 atom stereocenters. The van der Waals surface area contributed by atoms with Gasteiger partial charge in [-0.25, -0.2) is 0 Å². The standard InChI is InChI=1S/C13H17NO4/c1-6-5-7(2)11(18-8(3)15)10-9(6)12(16)14(4)13(10)17/h5-6,9-11H,1-4H3/t6-,9-,10-,11+/m0/s1. The molecule has 1 aliphatic carbocycles. The summed E-state index contributed by atoms with van der Waals surface area (Å²) < 4.78 is 5.23. The lowest BCUT2D eigenvalue weighted by Gasteiger charge is -2.32. The van der Waals surface area contributed by atoms with E-state index in [2.05, 4.69) is 0 Å². The summed E-state index contributed by atoms with van der Waals surface area (Å²) in [5, 5.41) is 0. The van der Waals surface area contributed by atoms with Crippen LogP contribution < -0.4 is 0 Å². The Morgan fingerprint density at radius 1 is 1.28 bits per heavy atom. The average Bonchev–Trinajstić information content (AvgIpc) is 2.49. The molecule has 1 fully saturated rings. The average molecular weight is 251 g/mol. The number of esters is 1. The Labute approximate surface area is 106 Å². The van der Waals surface area contributed by atoms with E-state index in [9.17, 15) is 14.4 Å². The molecule has 1 heterocycles. The van der Waals surface area contributed by atoms with Crippen LogP contribution in [0.1, 0.15) is 20.8 Å². The van der Waals surface area contributed by atoms with Crippen molar-refractivity contribution in [3.05, 3.63) is 11.6 Å². The summed E-state index contributed by atoms with van der Waals surface area (Å²) in [6.45, 7) is 5.05. The first kappa shape index (κ1) is 12.8. The van der Waals surface area contributed by atoms with Gasteiger partial charge in [0.2, 0.25) is 11.8 Å². The van der Waals surface area contributed by atoms with Crippen molar-refractivity contribution in [2.75, 3.05) is 7.05 Å². The fourth-order valence-corrected chi connectivity index (χ4v) is 2.97. The number of hydrogen-bond acceptors (Lipinski definition) is 4. The van der Waals surface area contributed by atoms with E-state index in [-0.39, 0.29) is 17.7 Å². The molecule has 0 radical (unpaired) electrons. The second-order valence-electron chi connectivity index (χ2n) is 5.09. The molecule has 5 heteroatoms. The van der Waals surface area contributed by atoms with Crippen LogP contribution in [0.15, 0.2) is 11.6 Å². The van der Waals surface area contributed by atoms with Crippen molar-refractivity contribution in [1.82, 2.24) is 4.90 Å². The van der Waals surface area contributed by atoms with E-state index in [1.54, 1.807) is 0 Å². The lowest BCUT2D eigenvalue weighted by atomic mass is 9.73. The zero-order chi connectivity index (χ0) is 13.6. The second-order valence-corrected chi connectivity index (χ2v) is 5.09. The normalized spacial score (nSPS) is 35.3.